The lowest BCUT2D eigenvalue weighted by Gasteiger charge is -2.21. The van der Waals surface area contributed by atoms with Crippen LogP contribution in [0, 0.1) is 0 Å². The molecule has 2 aromatic rings. The first-order valence-electron chi connectivity index (χ1n) is 7.87. The van der Waals surface area contributed by atoms with E-state index in [4.69, 9.17) is 0 Å². The molecule has 0 spiro atoms. The highest BCUT2D eigenvalue weighted by molar-refractivity contribution is 5.56. The second-order valence-electron chi connectivity index (χ2n) is 5.69. The number of para-hydroxylation sites is 1. The minimum atomic E-state index is 0.853. The van der Waals surface area contributed by atoms with E-state index in [-0.39, 0.29) is 0 Å². The third-order valence-electron chi connectivity index (χ3n) is 4.15. The molecule has 4 heteroatoms. The zero-order valence-electron chi connectivity index (χ0n) is 13.0. The Hall–Kier alpha value is -1.97. The van der Waals surface area contributed by atoms with E-state index >= 15 is 0 Å². The van der Waals surface area contributed by atoms with Gasteiger partial charge in [0.25, 0.3) is 0 Å². The van der Waals surface area contributed by atoms with Crippen LogP contribution in [0.3, 0.4) is 0 Å². The predicted molar refractivity (Wildman–Crippen MR) is 87.8 cm³/mol. The van der Waals surface area contributed by atoms with E-state index in [1.165, 1.54) is 37.2 Å². The molecule has 0 radical (unpaired) electrons. The molecule has 0 aliphatic carbocycles. The number of hydrogen-bond donors (Lipinski definition) is 1. The van der Waals surface area contributed by atoms with Gasteiger partial charge in [-0.25, -0.2) is 0 Å². The molecule has 0 bridgehead atoms. The average molecular weight is 284 g/mol. The first-order valence-corrected chi connectivity index (χ1v) is 7.87. The molecule has 0 amide bonds. The van der Waals surface area contributed by atoms with Gasteiger partial charge in [-0.15, -0.1) is 0 Å². The number of aryl methyl sites for hydroxylation is 2. The zero-order valence-corrected chi connectivity index (χ0v) is 13.0. The minimum Gasteiger partial charge on any atom is -0.378 e. The summed E-state index contributed by atoms with van der Waals surface area (Å²) in [5.41, 5.74) is 5.03. The molecule has 0 saturated carbocycles. The van der Waals surface area contributed by atoms with Gasteiger partial charge in [-0.1, -0.05) is 25.1 Å². The third kappa shape index (κ3) is 3.04. The van der Waals surface area contributed by atoms with Crippen LogP contribution in [0.25, 0.3) is 0 Å². The van der Waals surface area contributed by atoms with Gasteiger partial charge in [-0.05, 0) is 30.9 Å². The van der Waals surface area contributed by atoms with Gasteiger partial charge in [0.15, 0.2) is 0 Å². The number of rotatable bonds is 5. The summed E-state index contributed by atoms with van der Waals surface area (Å²) in [6.07, 6.45) is 5.64. The molecule has 1 fully saturated rings. The smallest absolute Gasteiger partial charge is 0.0853 e. The van der Waals surface area contributed by atoms with E-state index in [0.717, 1.165) is 24.3 Å². The Morgan fingerprint density at radius 1 is 1.19 bits per heavy atom. The lowest BCUT2D eigenvalue weighted by Crippen LogP contribution is -2.20. The Kier molecular flexibility index (Phi) is 4.13. The lowest BCUT2D eigenvalue weighted by atomic mass is 10.1. The standard InChI is InChI=1S/C17H24N4/c1-3-15-16(13-20(2)19-15)18-12-14-8-4-5-9-17(14)21-10-6-7-11-21/h4-5,8-9,13,18H,3,6-7,10-12H2,1-2H3. The van der Waals surface area contributed by atoms with Crippen molar-refractivity contribution in [1.29, 1.82) is 0 Å². The van der Waals surface area contributed by atoms with Crippen molar-refractivity contribution < 1.29 is 0 Å². The van der Waals surface area contributed by atoms with Crippen LogP contribution in [0.4, 0.5) is 11.4 Å². The number of aromatic nitrogens is 2. The van der Waals surface area contributed by atoms with Crippen molar-refractivity contribution in [2.45, 2.75) is 32.7 Å². The molecule has 1 N–H and O–H groups in total. The maximum Gasteiger partial charge on any atom is 0.0853 e. The second kappa shape index (κ2) is 6.20. The largest absolute Gasteiger partial charge is 0.378 e. The highest BCUT2D eigenvalue weighted by atomic mass is 15.3. The summed E-state index contributed by atoms with van der Waals surface area (Å²) < 4.78 is 1.88. The molecule has 1 aliphatic heterocycles. The van der Waals surface area contributed by atoms with Gasteiger partial charge in [-0.2, -0.15) is 5.10 Å². The molecule has 1 saturated heterocycles. The van der Waals surface area contributed by atoms with Crippen LogP contribution in [-0.2, 0) is 20.0 Å². The van der Waals surface area contributed by atoms with Crippen LogP contribution in [0.2, 0.25) is 0 Å². The van der Waals surface area contributed by atoms with E-state index in [9.17, 15) is 0 Å². The van der Waals surface area contributed by atoms with Gasteiger partial charge >= 0.3 is 0 Å². The number of benzene rings is 1. The van der Waals surface area contributed by atoms with Crippen LogP contribution in [-0.4, -0.2) is 22.9 Å². The summed E-state index contributed by atoms with van der Waals surface area (Å²) >= 11 is 0. The van der Waals surface area contributed by atoms with E-state index in [1.54, 1.807) is 0 Å². The van der Waals surface area contributed by atoms with Crippen molar-refractivity contribution in [3.05, 3.63) is 41.7 Å². The van der Waals surface area contributed by atoms with Crippen LogP contribution in [0.1, 0.15) is 31.0 Å². The van der Waals surface area contributed by atoms with Gasteiger partial charge in [0.05, 0.1) is 11.4 Å². The number of nitrogens with zero attached hydrogens (tertiary/aromatic N) is 3. The molecule has 1 aliphatic rings. The van der Waals surface area contributed by atoms with E-state index < -0.39 is 0 Å². The third-order valence-corrected chi connectivity index (χ3v) is 4.15. The summed E-state index contributed by atoms with van der Waals surface area (Å²) in [6, 6.07) is 8.73. The highest BCUT2D eigenvalue weighted by Crippen LogP contribution is 2.25. The monoisotopic (exact) mass is 284 g/mol. The van der Waals surface area contributed by atoms with Crippen molar-refractivity contribution in [1.82, 2.24) is 9.78 Å². The molecular formula is C17H24N4. The predicted octanol–water partition coefficient (Wildman–Crippen LogP) is 3.19. The Labute approximate surface area is 126 Å². The van der Waals surface area contributed by atoms with Gasteiger partial charge < -0.3 is 10.2 Å². The molecule has 1 aromatic carbocycles. The van der Waals surface area contributed by atoms with Crippen molar-refractivity contribution in [3.63, 3.8) is 0 Å². The van der Waals surface area contributed by atoms with Crippen molar-refractivity contribution in [2.24, 2.45) is 7.05 Å². The summed E-state index contributed by atoms with van der Waals surface area (Å²) in [7, 11) is 1.97. The Bertz CT molecular complexity index is 597. The van der Waals surface area contributed by atoms with Gasteiger partial charge in [0.2, 0.25) is 0 Å². The van der Waals surface area contributed by atoms with Gasteiger partial charge in [-0.3, -0.25) is 4.68 Å². The maximum atomic E-state index is 4.49. The topological polar surface area (TPSA) is 33.1 Å². The van der Waals surface area contributed by atoms with Crippen molar-refractivity contribution >= 4 is 11.4 Å². The summed E-state index contributed by atoms with van der Waals surface area (Å²) in [4.78, 5) is 2.50. The lowest BCUT2D eigenvalue weighted by molar-refractivity contribution is 0.746. The fraction of sp³-hybridized carbons (Fsp3) is 0.471. The minimum absolute atomic E-state index is 0.853. The van der Waals surface area contributed by atoms with Gasteiger partial charge in [0.1, 0.15) is 0 Å². The van der Waals surface area contributed by atoms with Crippen molar-refractivity contribution in [2.75, 3.05) is 23.3 Å². The number of hydrogen-bond acceptors (Lipinski definition) is 3. The molecule has 1 aromatic heterocycles. The quantitative estimate of drug-likeness (QED) is 0.915. The van der Waals surface area contributed by atoms with Crippen molar-refractivity contribution in [3.8, 4) is 0 Å². The van der Waals surface area contributed by atoms with Gasteiger partial charge in [0, 0.05) is 38.6 Å². The van der Waals surface area contributed by atoms with E-state index in [2.05, 4.69) is 52.7 Å². The first kappa shape index (κ1) is 14.0. The van der Waals surface area contributed by atoms with Crippen LogP contribution in [0.15, 0.2) is 30.5 Å². The summed E-state index contributed by atoms with van der Waals surface area (Å²) in [5.74, 6) is 0. The average Bonchev–Trinajstić information content (AvgIpc) is 3.14. The molecule has 0 unspecified atom stereocenters. The zero-order chi connectivity index (χ0) is 14.7. The Balaban J connectivity index is 1.75. The molecule has 112 valence electrons. The molecule has 4 nitrogen and oxygen atoms in total. The van der Waals surface area contributed by atoms with E-state index in [1.807, 2.05) is 11.7 Å². The number of anilines is 2. The highest BCUT2D eigenvalue weighted by Gasteiger charge is 2.15. The van der Waals surface area contributed by atoms with Crippen LogP contribution < -0.4 is 10.2 Å². The Morgan fingerprint density at radius 2 is 1.95 bits per heavy atom. The summed E-state index contributed by atoms with van der Waals surface area (Å²) in [5, 5.41) is 8.04. The normalized spacial score (nSPS) is 14.7. The fourth-order valence-electron chi connectivity index (χ4n) is 3.06. The molecule has 0 atom stereocenters. The van der Waals surface area contributed by atoms with E-state index in [0.29, 0.717) is 0 Å². The number of nitrogens with one attached hydrogen (secondary N) is 1. The molecule has 2 heterocycles. The second-order valence-corrected chi connectivity index (χ2v) is 5.69. The SMILES string of the molecule is CCc1nn(C)cc1NCc1ccccc1N1CCCC1. The van der Waals surface area contributed by atoms with Crippen LogP contribution in [0.5, 0.6) is 0 Å². The molecular weight excluding hydrogens is 260 g/mol. The Morgan fingerprint density at radius 3 is 2.71 bits per heavy atom. The maximum absolute atomic E-state index is 4.49. The molecule has 21 heavy (non-hydrogen) atoms. The fourth-order valence-corrected chi connectivity index (χ4v) is 3.06. The molecule has 3 rings (SSSR count). The summed E-state index contributed by atoms with van der Waals surface area (Å²) in [6.45, 7) is 5.37. The first-order chi connectivity index (χ1) is 10.3. The van der Waals surface area contributed by atoms with Crippen LogP contribution >= 0.6 is 0 Å².